The van der Waals surface area contributed by atoms with Crippen molar-refractivity contribution in [3.05, 3.63) is 51.9 Å². The predicted octanol–water partition coefficient (Wildman–Crippen LogP) is 4.52. The van der Waals surface area contributed by atoms with Crippen LogP contribution in [0.1, 0.15) is 40.5 Å². The Bertz CT molecular complexity index is 1180. The number of alkyl halides is 3. The first-order chi connectivity index (χ1) is 15.4. The van der Waals surface area contributed by atoms with Gasteiger partial charge in [0.15, 0.2) is 6.61 Å². The zero-order valence-electron chi connectivity index (χ0n) is 17.5. The smallest absolute Gasteiger partial charge is 0.422 e. The number of aromatic amines is 1. The fourth-order valence-electron chi connectivity index (χ4n) is 2.93. The van der Waals surface area contributed by atoms with Crippen LogP contribution in [-0.2, 0) is 0 Å². The maximum absolute atomic E-state index is 15.0. The zero-order valence-corrected chi connectivity index (χ0v) is 18.3. The molecule has 0 radical (unpaired) electrons. The van der Waals surface area contributed by atoms with Gasteiger partial charge in [-0.1, -0.05) is 11.6 Å². The van der Waals surface area contributed by atoms with Crippen molar-refractivity contribution in [1.82, 2.24) is 20.2 Å². The van der Waals surface area contributed by atoms with Crippen LogP contribution in [0, 0.1) is 19.7 Å². The van der Waals surface area contributed by atoms with Crippen LogP contribution in [0.5, 0.6) is 5.75 Å². The van der Waals surface area contributed by atoms with Gasteiger partial charge in [-0.15, -0.1) is 0 Å². The van der Waals surface area contributed by atoms with Crippen LogP contribution in [0.3, 0.4) is 0 Å². The lowest BCUT2D eigenvalue weighted by Gasteiger charge is -2.16. The third-order valence-corrected chi connectivity index (χ3v) is 4.78. The minimum Gasteiger partial charge on any atom is -0.483 e. The molecule has 0 aliphatic heterocycles. The van der Waals surface area contributed by atoms with E-state index in [4.69, 9.17) is 16.3 Å². The van der Waals surface area contributed by atoms with Crippen molar-refractivity contribution in [2.45, 2.75) is 33.1 Å². The van der Waals surface area contributed by atoms with E-state index in [-0.39, 0.29) is 27.8 Å². The number of rotatable bonds is 6. The second kappa shape index (κ2) is 9.32. The maximum Gasteiger partial charge on any atom is 0.422 e. The quantitative estimate of drug-likeness (QED) is 0.440. The van der Waals surface area contributed by atoms with Crippen molar-refractivity contribution < 1.29 is 32.2 Å². The van der Waals surface area contributed by atoms with E-state index >= 15 is 0 Å². The van der Waals surface area contributed by atoms with Crippen molar-refractivity contribution in [1.29, 1.82) is 0 Å². The molecule has 1 aromatic carbocycles. The van der Waals surface area contributed by atoms with Gasteiger partial charge in [0.25, 0.3) is 5.91 Å². The van der Waals surface area contributed by atoms with Gasteiger partial charge in [-0.05, 0) is 32.9 Å². The minimum atomic E-state index is -4.71. The van der Waals surface area contributed by atoms with E-state index in [1.807, 2.05) is 0 Å². The summed E-state index contributed by atoms with van der Waals surface area (Å²) in [4.78, 5) is 20.9. The molecule has 3 N–H and O–H groups in total. The van der Waals surface area contributed by atoms with Gasteiger partial charge >= 0.3 is 6.18 Å². The number of hydrogen-bond acceptors (Lipinski definition) is 6. The highest BCUT2D eigenvalue weighted by atomic mass is 35.5. The van der Waals surface area contributed by atoms with E-state index in [1.54, 1.807) is 6.92 Å². The fraction of sp³-hybridized carbons (Fsp3) is 0.300. The van der Waals surface area contributed by atoms with E-state index in [0.717, 1.165) is 12.1 Å². The van der Waals surface area contributed by atoms with E-state index in [2.05, 4.69) is 25.5 Å². The van der Waals surface area contributed by atoms with Gasteiger partial charge in [-0.2, -0.15) is 18.3 Å². The van der Waals surface area contributed by atoms with E-state index in [0.29, 0.717) is 11.4 Å². The highest BCUT2D eigenvalue weighted by Gasteiger charge is 2.30. The molecule has 0 bridgehead atoms. The SMILES string of the molecule is Cc1ncc(-c2cc(OCC(F)(F)F)c(C(=O)Nc3c(C)n[nH]c3Cl)cc2F)nc1C(C)O. The number of benzene rings is 1. The van der Waals surface area contributed by atoms with Crippen molar-refractivity contribution in [2.24, 2.45) is 0 Å². The van der Waals surface area contributed by atoms with Crippen LogP contribution in [0.2, 0.25) is 5.15 Å². The highest BCUT2D eigenvalue weighted by molar-refractivity contribution is 6.33. The van der Waals surface area contributed by atoms with Crippen molar-refractivity contribution >= 4 is 23.2 Å². The Labute approximate surface area is 190 Å². The summed E-state index contributed by atoms with van der Waals surface area (Å²) in [6.45, 7) is 2.83. The Kier molecular flexibility index (Phi) is 6.89. The molecule has 1 amide bonds. The monoisotopic (exact) mass is 487 g/mol. The number of anilines is 1. The average molecular weight is 488 g/mol. The molecule has 3 rings (SSSR count). The van der Waals surface area contributed by atoms with Gasteiger partial charge in [-0.25, -0.2) is 9.37 Å². The number of H-pyrrole nitrogens is 1. The summed E-state index contributed by atoms with van der Waals surface area (Å²) in [7, 11) is 0. The molecule has 0 fully saturated rings. The highest BCUT2D eigenvalue weighted by Crippen LogP contribution is 2.33. The third kappa shape index (κ3) is 5.57. The summed E-state index contributed by atoms with van der Waals surface area (Å²) < 4.78 is 58.2. The number of carbonyl (C=O) groups excluding carboxylic acids is 1. The summed E-state index contributed by atoms with van der Waals surface area (Å²) in [6, 6.07) is 1.65. The third-order valence-electron chi connectivity index (χ3n) is 4.51. The lowest BCUT2D eigenvalue weighted by Crippen LogP contribution is -2.21. The van der Waals surface area contributed by atoms with Gasteiger partial charge in [0.05, 0.1) is 40.6 Å². The number of aromatic nitrogens is 4. The van der Waals surface area contributed by atoms with Crippen molar-refractivity contribution in [2.75, 3.05) is 11.9 Å². The molecule has 0 saturated carbocycles. The van der Waals surface area contributed by atoms with Gasteiger partial charge < -0.3 is 15.2 Å². The molecular weight excluding hydrogens is 470 g/mol. The molecule has 0 aliphatic rings. The standard InChI is InChI=1S/C20H18ClF4N5O3/c1-8-16(10(3)31)27-14(6-26-8)11-5-15(33-7-20(23,24)25)12(4-13(11)22)19(32)28-17-9(2)29-30-18(17)21/h4-6,10,31H,7H2,1-3H3,(H,28,32)(H,29,30). The van der Waals surface area contributed by atoms with Crippen LogP contribution in [0.15, 0.2) is 18.3 Å². The molecule has 0 saturated heterocycles. The van der Waals surface area contributed by atoms with Crippen LogP contribution in [0.4, 0.5) is 23.2 Å². The predicted molar refractivity (Wildman–Crippen MR) is 111 cm³/mol. The van der Waals surface area contributed by atoms with E-state index in [1.165, 1.54) is 20.0 Å². The van der Waals surface area contributed by atoms with Crippen LogP contribution in [-0.4, -0.2) is 44.0 Å². The lowest BCUT2D eigenvalue weighted by molar-refractivity contribution is -0.153. The largest absolute Gasteiger partial charge is 0.483 e. The number of aliphatic hydroxyl groups excluding tert-OH is 1. The molecule has 1 atom stereocenters. The van der Waals surface area contributed by atoms with E-state index < -0.39 is 41.9 Å². The van der Waals surface area contributed by atoms with Crippen molar-refractivity contribution in [3.63, 3.8) is 0 Å². The van der Waals surface area contributed by atoms with Gasteiger partial charge in [0.2, 0.25) is 0 Å². The first-order valence-corrected chi connectivity index (χ1v) is 9.82. The summed E-state index contributed by atoms with van der Waals surface area (Å²) >= 11 is 5.90. The fourth-order valence-corrected chi connectivity index (χ4v) is 3.15. The normalized spacial score (nSPS) is 12.5. The summed E-state index contributed by atoms with van der Waals surface area (Å²) in [5.41, 5.74) is 0.112. The number of aliphatic hydroxyl groups is 1. The summed E-state index contributed by atoms with van der Waals surface area (Å²) in [5, 5.41) is 18.4. The Morgan fingerprint density at radius 1 is 1.30 bits per heavy atom. The molecule has 8 nitrogen and oxygen atoms in total. The van der Waals surface area contributed by atoms with Crippen LogP contribution in [0.25, 0.3) is 11.3 Å². The Morgan fingerprint density at radius 2 is 2.00 bits per heavy atom. The molecule has 2 heterocycles. The second-order valence-corrected chi connectivity index (χ2v) is 7.46. The topological polar surface area (TPSA) is 113 Å². The minimum absolute atomic E-state index is 0.0173. The molecule has 3 aromatic rings. The Morgan fingerprint density at radius 3 is 2.58 bits per heavy atom. The van der Waals surface area contributed by atoms with Gasteiger partial charge in [0, 0.05) is 5.56 Å². The lowest BCUT2D eigenvalue weighted by atomic mass is 10.1. The summed E-state index contributed by atoms with van der Waals surface area (Å²) in [6.07, 6.45) is -4.54. The van der Waals surface area contributed by atoms with Crippen LogP contribution >= 0.6 is 11.6 Å². The molecule has 176 valence electrons. The molecular formula is C20H18ClF4N5O3. The molecule has 0 spiro atoms. The number of nitrogens with one attached hydrogen (secondary N) is 2. The second-order valence-electron chi connectivity index (χ2n) is 7.09. The van der Waals surface area contributed by atoms with Gasteiger partial charge in [-0.3, -0.25) is 14.9 Å². The number of halogens is 5. The van der Waals surface area contributed by atoms with Crippen molar-refractivity contribution in [3.8, 4) is 17.0 Å². The molecule has 2 aromatic heterocycles. The maximum atomic E-state index is 15.0. The zero-order chi connectivity index (χ0) is 24.5. The number of nitrogens with zero attached hydrogens (tertiary/aromatic N) is 3. The number of amides is 1. The number of hydrogen-bond donors (Lipinski definition) is 3. The summed E-state index contributed by atoms with van der Waals surface area (Å²) in [5.74, 6) is -2.48. The van der Waals surface area contributed by atoms with Crippen LogP contribution < -0.4 is 10.1 Å². The molecule has 1 unspecified atom stereocenters. The molecule has 13 heteroatoms. The molecule has 0 aliphatic carbocycles. The molecule has 33 heavy (non-hydrogen) atoms. The van der Waals surface area contributed by atoms with Gasteiger partial charge in [0.1, 0.15) is 22.4 Å². The van der Waals surface area contributed by atoms with E-state index in [9.17, 15) is 27.5 Å². The number of carbonyl (C=O) groups is 1. The first kappa shape index (κ1) is 24.4. The Hall–Kier alpha value is -3.25. The first-order valence-electron chi connectivity index (χ1n) is 9.44. The number of ether oxygens (including phenoxy) is 1. The average Bonchev–Trinajstić information content (AvgIpc) is 3.04. The Balaban J connectivity index is 2.08. The number of aryl methyl sites for hydroxylation is 2.